The first kappa shape index (κ1) is 14.9. The number of carbonyl (C=O) groups excluding carboxylic acids is 1. The van der Waals surface area contributed by atoms with Crippen molar-refractivity contribution in [3.63, 3.8) is 0 Å². The number of aryl methyl sites for hydroxylation is 1. The van der Waals surface area contributed by atoms with Crippen LogP contribution in [-0.2, 0) is 9.53 Å². The maximum absolute atomic E-state index is 13.0. The lowest BCUT2D eigenvalue weighted by Gasteiger charge is -2.13. The van der Waals surface area contributed by atoms with Crippen LogP contribution in [-0.4, -0.2) is 13.1 Å². The maximum Gasteiger partial charge on any atom is 0.307 e. The smallest absolute Gasteiger partial charge is 0.307 e. The highest BCUT2D eigenvalue weighted by Gasteiger charge is 2.14. The highest BCUT2D eigenvalue weighted by molar-refractivity contribution is 5.85. The molecule has 5 heteroatoms. The Hall–Kier alpha value is -1.13. The fourth-order valence-electron chi connectivity index (χ4n) is 1.38. The molecule has 90 valence electrons. The van der Waals surface area contributed by atoms with Gasteiger partial charge in [0.2, 0.25) is 0 Å². The van der Waals surface area contributed by atoms with Crippen molar-refractivity contribution in [3.8, 4) is 0 Å². The molecule has 0 heterocycles. The second kappa shape index (κ2) is 6.45. The normalized spacial score (nSPS) is 11.5. The van der Waals surface area contributed by atoms with E-state index in [9.17, 15) is 9.18 Å². The quantitative estimate of drug-likeness (QED) is 0.833. The number of nitrogens with two attached hydrogens (primary N) is 1. The van der Waals surface area contributed by atoms with Crippen LogP contribution < -0.4 is 5.73 Å². The Labute approximate surface area is 100 Å². The van der Waals surface area contributed by atoms with E-state index in [0.717, 1.165) is 5.56 Å². The van der Waals surface area contributed by atoms with Gasteiger partial charge >= 0.3 is 5.97 Å². The van der Waals surface area contributed by atoms with Crippen molar-refractivity contribution in [1.82, 2.24) is 0 Å². The predicted molar refractivity (Wildman–Crippen MR) is 61.9 cm³/mol. The van der Waals surface area contributed by atoms with Gasteiger partial charge in [-0.05, 0) is 30.2 Å². The van der Waals surface area contributed by atoms with Crippen LogP contribution in [0.3, 0.4) is 0 Å². The average Bonchev–Trinajstić information content (AvgIpc) is 2.21. The molecule has 0 unspecified atom stereocenters. The molecule has 0 amide bonds. The van der Waals surface area contributed by atoms with Gasteiger partial charge in [0, 0.05) is 6.04 Å². The Balaban J connectivity index is 0.00000225. The summed E-state index contributed by atoms with van der Waals surface area (Å²) in [5.74, 6) is -0.748. The summed E-state index contributed by atoms with van der Waals surface area (Å²) in [5, 5.41) is 0. The van der Waals surface area contributed by atoms with Crippen molar-refractivity contribution >= 4 is 18.4 Å². The number of methoxy groups -OCH3 is 1. The fourth-order valence-corrected chi connectivity index (χ4v) is 1.38. The predicted octanol–water partition coefficient (Wildman–Crippen LogP) is 2.12. The van der Waals surface area contributed by atoms with Gasteiger partial charge in [-0.1, -0.05) is 6.07 Å². The van der Waals surface area contributed by atoms with Gasteiger partial charge in [-0.2, -0.15) is 0 Å². The van der Waals surface area contributed by atoms with E-state index in [4.69, 9.17) is 5.73 Å². The molecule has 3 nitrogen and oxygen atoms in total. The molecule has 0 aromatic heterocycles. The van der Waals surface area contributed by atoms with Crippen LogP contribution in [0.1, 0.15) is 23.6 Å². The van der Waals surface area contributed by atoms with E-state index in [1.54, 1.807) is 6.07 Å². The lowest BCUT2D eigenvalue weighted by atomic mass is 9.99. The van der Waals surface area contributed by atoms with Crippen LogP contribution in [0, 0.1) is 12.7 Å². The third-order valence-corrected chi connectivity index (χ3v) is 2.26. The minimum absolute atomic E-state index is 0. The monoisotopic (exact) mass is 247 g/mol. The molecule has 0 radical (unpaired) electrons. The van der Waals surface area contributed by atoms with E-state index < -0.39 is 12.0 Å². The molecule has 1 aromatic rings. The summed E-state index contributed by atoms with van der Waals surface area (Å²) in [5.41, 5.74) is 7.28. The highest BCUT2D eigenvalue weighted by Crippen LogP contribution is 2.19. The minimum atomic E-state index is -0.520. The van der Waals surface area contributed by atoms with Crippen LogP contribution in [0.25, 0.3) is 0 Å². The number of hydrogen-bond acceptors (Lipinski definition) is 3. The second-order valence-electron chi connectivity index (χ2n) is 3.39. The molecule has 0 aliphatic rings. The van der Waals surface area contributed by atoms with Crippen molar-refractivity contribution in [2.24, 2.45) is 5.73 Å². The first-order valence-corrected chi connectivity index (χ1v) is 4.63. The molecule has 0 saturated carbocycles. The van der Waals surface area contributed by atoms with Gasteiger partial charge in [-0.15, -0.1) is 12.4 Å². The summed E-state index contributed by atoms with van der Waals surface area (Å²) in [6.07, 6.45) is 0.0563. The number of ether oxygens (including phenoxy) is 1. The number of esters is 1. The Morgan fingerprint density at radius 1 is 1.56 bits per heavy atom. The topological polar surface area (TPSA) is 52.3 Å². The summed E-state index contributed by atoms with van der Waals surface area (Å²) < 4.78 is 17.5. The zero-order valence-corrected chi connectivity index (χ0v) is 10.0. The SMILES string of the molecule is COC(=O)C[C@H](N)c1cc(F)ccc1C.Cl. The van der Waals surface area contributed by atoms with Gasteiger partial charge in [0.25, 0.3) is 0 Å². The van der Waals surface area contributed by atoms with E-state index >= 15 is 0 Å². The summed E-state index contributed by atoms with van der Waals surface area (Å²) in [7, 11) is 1.30. The summed E-state index contributed by atoms with van der Waals surface area (Å²) in [6.45, 7) is 1.83. The van der Waals surface area contributed by atoms with Crippen molar-refractivity contribution in [1.29, 1.82) is 0 Å². The van der Waals surface area contributed by atoms with Gasteiger partial charge in [0.05, 0.1) is 13.5 Å². The number of halogens is 2. The molecule has 0 fully saturated rings. The van der Waals surface area contributed by atoms with E-state index in [2.05, 4.69) is 4.74 Å². The Morgan fingerprint density at radius 3 is 2.75 bits per heavy atom. The molecule has 0 aliphatic carbocycles. The largest absolute Gasteiger partial charge is 0.469 e. The van der Waals surface area contributed by atoms with Gasteiger partial charge in [0.15, 0.2) is 0 Å². The molecule has 0 bridgehead atoms. The molecule has 0 aliphatic heterocycles. The molecular weight excluding hydrogens is 233 g/mol. The molecular formula is C11H15ClFNO2. The van der Waals surface area contributed by atoms with Gasteiger partial charge in [-0.3, -0.25) is 4.79 Å². The van der Waals surface area contributed by atoms with Crippen LogP contribution in [0.4, 0.5) is 4.39 Å². The molecule has 16 heavy (non-hydrogen) atoms. The van der Waals surface area contributed by atoms with E-state index in [-0.39, 0.29) is 24.6 Å². The number of hydrogen-bond donors (Lipinski definition) is 1. The van der Waals surface area contributed by atoms with E-state index in [1.165, 1.54) is 19.2 Å². The second-order valence-corrected chi connectivity index (χ2v) is 3.39. The van der Waals surface area contributed by atoms with Crippen molar-refractivity contribution in [2.45, 2.75) is 19.4 Å². The maximum atomic E-state index is 13.0. The number of carbonyl (C=O) groups is 1. The third kappa shape index (κ3) is 3.79. The molecule has 0 saturated heterocycles. The third-order valence-electron chi connectivity index (χ3n) is 2.26. The Bertz CT molecular complexity index is 371. The van der Waals surface area contributed by atoms with E-state index in [0.29, 0.717) is 5.56 Å². The lowest BCUT2D eigenvalue weighted by Crippen LogP contribution is -2.17. The first-order valence-electron chi connectivity index (χ1n) is 4.63. The standard InChI is InChI=1S/C11H14FNO2.ClH/c1-7-3-4-8(12)5-9(7)10(13)6-11(14)15-2;/h3-5,10H,6,13H2,1-2H3;1H/t10-;/m0./s1. The summed E-state index contributed by atoms with van der Waals surface area (Å²) >= 11 is 0. The fraction of sp³-hybridized carbons (Fsp3) is 0.364. The molecule has 0 spiro atoms. The summed E-state index contributed by atoms with van der Waals surface area (Å²) in [6, 6.07) is 3.84. The zero-order valence-electron chi connectivity index (χ0n) is 9.20. The van der Waals surface area contributed by atoms with Crippen LogP contribution in [0.2, 0.25) is 0 Å². The van der Waals surface area contributed by atoms with Gasteiger partial charge in [-0.25, -0.2) is 4.39 Å². The molecule has 2 N–H and O–H groups in total. The van der Waals surface area contributed by atoms with Crippen LogP contribution in [0.15, 0.2) is 18.2 Å². The average molecular weight is 248 g/mol. The summed E-state index contributed by atoms with van der Waals surface area (Å²) in [4.78, 5) is 11.0. The van der Waals surface area contributed by atoms with Gasteiger partial charge in [0.1, 0.15) is 5.82 Å². The van der Waals surface area contributed by atoms with Gasteiger partial charge < -0.3 is 10.5 Å². The molecule has 1 atom stereocenters. The molecule has 1 rings (SSSR count). The lowest BCUT2D eigenvalue weighted by molar-refractivity contribution is -0.141. The Morgan fingerprint density at radius 2 is 2.19 bits per heavy atom. The number of benzene rings is 1. The van der Waals surface area contributed by atoms with Crippen LogP contribution >= 0.6 is 12.4 Å². The van der Waals surface area contributed by atoms with Crippen molar-refractivity contribution in [2.75, 3.05) is 7.11 Å². The van der Waals surface area contributed by atoms with E-state index in [1.807, 2.05) is 6.92 Å². The first-order chi connectivity index (χ1) is 7.04. The van der Waals surface area contributed by atoms with Crippen molar-refractivity contribution < 1.29 is 13.9 Å². The minimum Gasteiger partial charge on any atom is -0.469 e. The van der Waals surface area contributed by atoms with Crippen LogP contribution in [0.5, 0.6) is 0 Å². The molecule has 1 aromatic carbocycles. The van der Waals surface area contributed by atoms with Crippen molar-refractivity contribution in [3.05, 3.63) is 35.1 Å². The highest BCUT2D eigenvalue weighted by atomic mass is 35.5. The zero-order chi connectivity index (χ0) is 11.4. The Kier molecular flexibility index (Phi) is 6.00. The number of rotatable bonds is 3.